The van der Waals surface area contributed by atoms with E-state index < -0.39 is 0 Å². The van der Waals surface area contributed by atoms with E-state index in [1.807, 2.05) is 41.3 Å². The standard InChI is InChI=1S/C17H19N3O/c1-13(21)20-12-6-10-16(20)15-9-5-11-18-17(15)19-14-7-3-2-4-8-14/h2-5,7-9,11,16H,6,10,12H2,1H3,(H,18,19). The van der Waals surface area contributed by atoms with E-state index in [1.54, 1.807) is 13.1 Å². The number of benzene rings is 1. The first-order valence-electron chi connectivity index (χ1n) is 7.30. The van der Waals surface area contributed by atoms with Crippen LogP contribution in [0.4, 0.5) is 11.5 Å². The molecule has 1 saturated heterocycles. The Morgan fingerprint density at radius 3 is 2.81 bits per heavy atom. The molecule has 1 amide bonds. The zero-order chi connectivity index (χ0) is 14.7. The van der Waals surface area contributed by atoms with Crippen LogP contribution in [-0.4, -0.2) is 22.3 Å². The highest BCUT2D eigenvalue weighted by molar-refractivity contribution is 5.74. The number of amides is 1. The van der Waals surface area contributed by atoms with Crippen molar-refractivity contribution >= 4 is 17.4 Å². The van der Waals surface area contributed by atoms with Gasteiger partial charge in [0, 0.05) is 30.9 Å². The van der Waals surface area contributed by atoms with E-state index in [2.05, 4.69) is 16.4 Å². The molecule has 0 aliphatic carbocycles. The molecular weight excluding hydrogens is 262 g/mol. The first-order chi connectivity index (χ1) is 10.3. The van der Waals surface area contributed by atoms with Crippen LogP contribution in [0.15, 0.2) is 48.7 Å². The molecule has 0 bridgehead atoms. The molecule has 108 valence electrons. The van der Waals surface area contributed by atoms with Gasteiger partial charge in [-0.25, -0.2) is 4.98 Å². The number of aromatic nitrogens is 1. The van der Waals surface area contributed by atoms with Gasteiger partial charge in [0.2, 0.25) is 5.91 Å². The molecule has 0 radical (unpaired) electrons. The molecule has 4 nitrogen and oxygen atoms in total. The summed E-state index contributed by atoms with van der Waals surface area (Å²) in [6.07, 6.45) is 3.82. The molecule has 2 aromatic rings. The molecule has 2 heterocycles. The molecule has 1 aliphatic heterocycles. The van der Waals surface area contributed by atoms with Gasteiger partial charge in [0.1, 0.15) is 5.82 Å². The van der Waals surface area contributed by atoms with Crippen LogP contribution < -0.4 is 5.32 Å². The average Bonchev–Trinajstić information content (AvgIpc) is 2.98. The fraction of sp³-hybridized carbons (Fsp3) is 0.294. The van der Waals surface area contributed by atoms with Gasteiger partial charge in [-0.1, -0.05) is 24.3 Å². The third-order valence-electron chi connectivity index (χ3n) is 3.89. The van der Waals surface area contributed by atoms with Crippen LogP contribution in [0.3, 0.4) is 0 Å². The van der Waals surface area contributed by atoms with E-state index in [9.17, 15) is 4.79 Å². The number of carbonyl (C=O) groups is 1. The number of pyridine rings is 1. The summed E-state index contributed by atoms with van der Waals surface area (Å²) in [5.74, 6) is 0.967. The van der Waals surface area contributed by atoms with Gasteiger partial charge in [-0.2, -0.15) is 0 Å². The van der Waals surface area contributed by atoms with Crippen molar-refractivity contribution in [1.82, 2.24) is 9.88 Å². The number of anilines is 2. The number of likely N-dealkylation sites (tertiary alicyclic amines) is 1. The predicted octanol–water partition coefficient (Wildman–Crippen LogP) is 3.51. The van der Waals surface area contributed by atoms with E-state index in [-0.39, 0.29) is 11.9 Å². The average molecular weight is 281 g/mol. The number of para-hydroxylation sites is 1. The van der Waals surface area contributed by atoms with Gasteiger partial charge in [-0.05, 0) is 31.0 Å². The summed E-state index contributed by atoms with van der Waals surface area (Å²) < 4.78 is 0. The summed E-state index contributed by atoms with van der Waals surface area (Å²) in [4.78, 5) is 18.2. The Balaban J connectivity index is 1.91. The molecule has 1 aromatic carbocycles. The summed E-state index contributed by atoms with van der Waals surface area (Å²) in [5.41, 5.74) is 2.10. The molecule has 1 aromatic heterocycles. The number of carbonyl (C=O) groups excluding carboxylic acids is 1. The maximum atomic E-state index is 11.8. The first kappa shape index (κ1) is 13.6. The number of nitrogens with one attached hydrogen (secondary N) is 1. The van der Waals surface area contributed by atoms with Crippen LogP contribution in [0.25, 0.3) is 0 Å². The maximum absolute atomic E-state index is 11.8. The lowest BCUT2D eigenvalue weighted by atomic mass is 10.1. The van der Waals surface area contributed by atoms with Gasteiger partial charge in [-0.15, -0.1) is 0 Å². The third kappa shape index (κ3) is 2.89. The van der Waals surface area contributed by atoms with Crippen LogP contribution in [0.5, 0.6) is 0 Å². The zero-order valence-corrected chi connectivity index (χ0v) is 12.1. The molecule has 4 heteroatoms. The molecule has 1 atom stereocenters. The minimum atomic E-state index is 0.127. The van der Waals surface area contributed by atoms with Crippen LogP contribution in [0, 0.1) is 0 Å². The topological polar surface area (TPSA) is 45.2 Å². The van der Waals surface area contributed by atoms with Crippen molar-refractivity contribution in [2.45, 2.75) is 25.8 Å². The van der Waals surface area contributed by atoms with E-state index in [4.69, 9.17) is 0 Å². The molecule has 1 N–H and O–H groups in total. The lowest BCUT2D eigenvalue weighted by Gasteiger charge is -2.25. The summed E-state index contributed by atoms with van der Waals surface area (Å²) >= 11 is 0. The second-order valence-corrected chi connectivity index (χ2v) is 5.30. The Morgan fingerprint density at radius 1 is 1.24 bits per heavy atom. The van der Waals surface area contributed by atoms with Crippen molar-refractivity contribution < 1.29 is 4.79 Å². The Morgan fingerprint density at radius 2 is 2.05 bits per heavy atom. The first-order valence-corrected chi connectivity index (χ1v) is 7.30. The monoisotopic (exact) mass is 281 g/mol. The normalized spacial score (nSPS) is 17.8. The smallest absolute Gasteiger partial charge is 0.219 e. The van der Waals surface area contributed by atoms with E-state index >= 15 is 0 Å². The zero-order valence-electron chi connectivity index (χ0n) is 12.1. The number of hydrogen-bond acceptors (Lipinski definition) is 3. The molecule has 1 unspecified atom stereocenters. The van der Waals surface area contributed by atoms with Gasteiger partial charge in [0.05, 0.1) is 6.04 Å². The van der Waals surface area contributed by atoms with Crippen molar-refractivity contribution in [2.24, 2.45) is 0 Å². The van der Waals surface area contributed by atoms with Crippen molar-refractivity contribution in [3.05, 3.63) is 54.2 Å². The molecule has 21 heavy (non-hydrogen) atoms. The number of rotatable bonds is 3. The Bertz CT molecular complexity index is 627. The van der Waals surface area contributed by atoms with Crippen LogP contribution in [-0.2, 0) is 4.79 Å². The summed E-state index contributed by atoms with van der Waals surface area (Å²) in [6, 6.07) is 14.1. The summed E-state index contributed by atoms with van der Waals surface area (Å²) in [5, 5.41) is 3.36. The van der Waals surface area contributed by atoms with Gasteiger partial charge < -0.3 is 10.2 Å². The van der Waals surface area contributed by atoms with Crippen LogP contribution in [0.2, 0.25) is 0 Å². The predicted molar refractivity (Wildman–Crippen MR) is 83.3 cm³/mol. The minimum Gasteiger partial charge on any atom is -0.340 e. The Hall–Kier alpha value is -2.36. The van der Waals surface area contributed by atoms with Crippen molar-refractivity contribution in [1.29, 1.82) is 0 Å². The van der Waals surface area contributed by atoms with Gasteiger partial charge in [0.25, 0.3) is 0 Å². The maximum Gasteiger partial charge on any atom is 0.219 e. The van der Waals surface area contributed by atoms with E-state index in [1.165, 1.54) is 0 Å². The molecule has 1 aliphatic rings. The molecule has 0 saturated carbocycles. The van der Waals surface area contributed by atoms with Gasteiger partial charge in [-0.3, -0.25) is 4.79 Å². The van der Waals surface area contributed by atoms with Crippen molar-refractivity contribution in [3.63, 3.8) is 0 Å². The summed E-state index contributed by atoms with van der Waals surface area (Å²) in [6.45, 7) is 2.47. The molecule has 1 fully saturated rings. The minimum absolute atomic E-state index is 0.127. The second-order valence-electron chi connectivity index (χ2n) is 5.30. The highest BCUT2D eigenvalue weighted by Crippen LogP contribution is 2.35. The third-order valence-corrected chi connectivity index (χ3v) is 3.89. The van der Waals surface area contributed by atoms with Crippen molar-refractivity contribution in [3.8, 4) is 0 Å². The number of nitrogens with zero attached hydrogens (tertiary/aromatic N) is 2. The van der Waals surface area contributed by atoms with E-state index in [0.717, 1.165) is 36.5 Å². The largest absolute Gasteiger partial charge is 0.340 e. The van der Waals surface area contributed by atoms with Crippen LogP contribution >= 0.6 is 0 Å². The highest BCUT2D eigenvalue weighted by Gasteiger charge is 2.29. The lowest BCUT2D eigenvalue weighted by Crippen LogP contribution is -2.28. The molecule has 0 spiro atoms. The van der Waals surface area contributed by atoms with Gasteiger partial charge in [0.15, 0.2) is 0 Å². The van der Waals surface area contributed by atoms with E-state index in [0.29, 0.717) is 0 Å². The van der Waals surface area contributed by atoms with Gasteiger partial charge >= 0.3 is 0 Å². The SMILES string of the molecule is CC(=O)N1CCCC1c1cccnc1Nc1ccccc1. The fourth-order valence-corrected chi connectivity index (χ4v) is 2.92. The number of hydrogen-bond donors (Lipinski definition) is 1. The lowest BCUT2D eigenvalue weighted by molar-refractivity contribution is -0.129. The Labute approximate surface area is 124 Å². The fourth-order valence-electron chi connectivity index (χ4n) is 2.92. The highest BCUT2D eigenvalue weighted by atomic mass is 16.2. The Kier molecular flexibility index (Phi) is 3.86. The molecular formula is C17H19N3O. The van der Waals surface area contributed by atoms with Crippen LogP contribution in [0.1, 0.15) is 31.4 Å². The second kappa shape index (κ2) is 5.95. The quantitative estimate of drug-likeness (QED) is 0.936. The van der Waals surface area contributed by atoms with Crippen molar-refractivity contribution in [2.75, 3.05) is 11.9 Å². The summed E-state index contributed by atoms with van der Waals surface area (Å²) in [7, 11) is 0. The molecule has 3 rings (SSSR count).